The Morgan fingerprint density at radius 3 is 2.54 bits per heavy atom. The molecule has 1 saturated heterocycles. The molecule has 2 amide bonds. The summed E-state index contributed by atoms with van der Waals surface area (Å²) in [5.41, 5.74) is 0.750. The number of nitrogens with zero attached hydrogens (tertiary/aromatic N) is 1. The van der Waals surface area contributed by atoms with Gasteiger partial charge in [-0.25, -0.2) is 0 Å². The van der Waals surface area contributed by atoms with Crippen molar-refractivity contribution in [1.82, 2.24) is 10.2 Å². The molecule has 0 atom stereocenters. The summed E-state index contributed by atoms with van der Waals surface area (Å²) in [4.78, 5) is 26.7. The van der Waals surface area contributed by atoms with Gasteiger partial charge < -0.3 is 14.6 Å². The number of piperidine rings is 1. The monoisotopic (exact) mass is 354 g/mol. The van der Waals surface area contributed by atoms with E-state index in [0.717, 1.165) is 56.3 Å². The molecular formula is C21H26N2O3. The first-order chi connectivity index (χ1) is 12.7. The maximum absolute atomic E-state index is 12.7. The van der Waals surface area contributed by atoms with Gasteiger partial charge in [-0.2, -0.15) is 0 Å². The van der Waals surface area contributed by atoms with E-state index in [1.165, 1.54) is 12.8 Å². The summed E-state index contributed by atoms with van der Waals surface area (Å²) in [7, 11) is 0. The Morgan fingerprint density at radius 1 is 1.08 bits per heavy atom. The Labute approximate surface area is 153 Å². The van der Waals surface area contributed by atoms with E-state index in [2.05, 4.69) is 5.32 Å². The first-order valence-electron chi connectivity index (χ1n) is 9.76. The van der Waals surface area contributed by atoms with Crippen molar-refractivity contribution < 1.29 is 14.0 Å². The van der Waals surface area contributed by atoms with Crippen LogP contribution >= 0.6 is 0 Å². The minimum Gasteiger partial charge on any atom is -0.451 e. The van der Waals surface area contributed by atoms with Crippen LogP contribution in [0.1, 0.15) is 49.1 Å². The summed E-state index contributed by atoms with van der Waals surface area (Å²) in [6.07, 6.45) is 6.29. The first kappa shape index (κ1) is 17.1. The van der Waals surface area contributed by atoms with E-state index in [-0.39, 0.29) is 17.7 Å². The highest BCUT2D eigenvalue weighted by atomic mass is 16.3. The van der Waals surface area contributed by atoms with Gasteiger partial charge in [0.1, 0.15) is 5.58 Å². The van der Waals surface area contributed by atoms with Crippen molar-refractivity contribution in [2.45, 2.75) is 38.5 Å². The Morgan fingerprint density at radius 2 is 1.81 bits per heavy atom. The maximum Gasteiger partial charge on any atom is 0.289 e. The van der Waals surface area contributed by atoms with Crippen molar-refractivity contribution in [3.63, 3.8) is 0 Å². The molecule has 26 heavy (non-hydrogen) atoms. The van der Waals surface area contributed by atoms with E-state index in [9.17, 15) is 9.59 Å². The summed E-state index contributed by atoms with van der Waals surface area (Å²) in [6.45, 7) is 2.18. The molecule has 138 valence electrons. The Bertz CT molecular complexity index is 750. The number of rotatable bonds is 4. The van der Waals surface area contributed by atoms with Gasteiger partial charge in [0.2, 0.25) is 5.91 Å². The fourth-order valence-corrected chi connectivity index (χ4v) is 4.16. The number of furan rings is 1. The summed E-state index contributed by atoms with van der Waals surface area (Å²) < 4.78 is 5.70. The number of carbonyl (C=O) groups is 2. The number of carbonyl (C=O) groups excluding carboxylic acids is 2. The molecule has 0 bridgehead atoms. The SMILES string of the molecule is O=C(NCC1CCN(C(=O)c2cc3ccccc3o2)CC1)C1CCCC1. The number of hydrogen-bond donors (Lipinski definition) is 1. The van der Waals surface area contributed by atoms with Crippen LogP contribution in [0.25, 0.3) is 11.0 Å². The number of amides is 2. The molecule has 5 nitrogen and oxygen atoms in total. The molecule has 2 aromatic rings. The molecule has 0 radical (unpaired) electrons. The summed E-state index contributed by atoms with van der Waals surface area (Å²) in [5, 5.41) is 4.09. The Balaban J connectivity index is 1.27. The van der Waals surface area contributed by atoms with Gasteiger partial charge >= 0.3 is 0 Å². The van der Waals surface area contributed by atoms with E-state index in [1.807, 2.05) is 35.2 Å². The lowest BCUT2D eigenvalue weighted by atomic mass is 9.96. The average molecular weight is 354 g/mol. The van der Waals surface area contributed by atoms with Crippen LogP contribution in [0.2, 0.25) is 0 Å². The standard InChI is InChI=1S/C21H26N2O3/c24-20(16-5-1-2-6-16)22-14-15-9-11-23(12-10-15)21(25)19-13-17-7-3-4-8-18(17)26-19/h3-4,7-8,13,15-16H,1-2,5-6,9-12,14H2,(H,22,24). The highest BCUT2D eigenvalue weighted by molar-refractivity contribution is 5.96. The second kappa shape index (κ2) is 7.52. The fourth-order valence-electron chi connectivity index (χ4n) is 4.16. The summed E-state index contributed by atoms with van der Waals surface area (Å²) in [5.74, 6) is 1.29. The minimum atomic E-state index is -0.0327. The largest absolute Gasteiger partial charge is 0.451 e. The zero-order chi connectivity index (χ0) is 17.9. The van der Waals surface area contributed by atoms with E-state index in [4.69, 9.17) is 4.42 Å². The van der Waals surface area contributed by atoms with Crippen molar-refractivity contribution in [3.05, 3.63) is 36.1 Å². The zero-order valence-electron chi connectivity index (χ0n) is 15.1. The molecular weight excluding hydrogens is 328 g/mol. The topological polar surface area (TPSA) is 62.6 Å². The Kier molecular flexibility index (Phi) is 4.96. The molecule has 1 aliphatic heterocycles. The predicted molar refractivity (Wildman–Crippen MR) is 99.8 cm³/mol. The van der Waals surface area contributed by atoms with E-state index < -0.39 is 0 Å². The maximum atomic E-state index is 12.7. The molecule has 2 heterocycles. The van der Waals surface area contributed by atoms with Gasteiger partial charge in [0.15, 0.2) is 5.76 Å². The molecule has 4 rings (SSSR count). The van der Waals surface area contributed by atoms with Crippen LogP contribution in [-0.2, 0) is 4.79 Å². The summed E-state index contributed by atoms with van der Waals surface area (Å²) >= 11 is 0. The lowest BCUT2D eigenvalue weighted by Gasteiger charge is -2.31. The lowest BCUT2D eigenvalue weighted by molar-refractivity contribution is -0.125. The summed E-state index contributed by atoms with van der Waals surface area (Å²) in [6, 6.07) is 9.51. The van der Waals surface area contributed by atoms with E-state index in [0.29, 0.717) is 11.7 Å². The fraction of sp³-hybridized carbons (Fsp3) is 0.524. The minimum absolute atomic E-state index is 0.0327. The number of para-hydroxylation sites is 1. The van der Waals surface area contributed by atoms with Gasteiger partial charge in [-0.3, -0.25) is 9.59 Å². The van der Waals surface area contributed by atoms with E-state index in [1.54, 1.807) is 0 Å². The van der Waals surface area contributed by atoms with Crippen LogP contribution in [-0.4, -0.2) is 36.3 Å². The van der Waals surface area contributed by atoms with Crippen LogP contribution in [0.4, 0.5) is 0 Å². The average Bonchev–Trinajstić information content (AvgIpc) is 3.35. The van der Waals surface area contributed by atoms with Crippen LogP contribution in [0.3, 0.4) is 0 Å². The molecule has 2 aliphatic rings. The van der Waals surface area contributed by atoms with Crippen LogP contribution in [0.5, 0.6) is 0 Å². The van der Waals surface area contributed by atoms with Crippen molar-refractivity contribution in [2.75, 3.05) is 19.6 Å². The third-order valence-corrected chi connectivity index (χ3v) is 5.83. The highest BCUT2D eigenvalue weighted by Gasteiger charge is 2.27. The van der Waals surface area contributed by atoms with Crippen molar-refractivity contribution in [2.24, 2.45) is 11.8 Å². The molecule has 1 aliphatic carbocycles. The molecule has 1 aromatic heterocycles. The molecule has 1 N–H and O–H groups in total. The molecule has 0 spiro atoms. The van der Waals surface area contributed by atoms with Gasteiger partial charge in [-0.05, 0) is 43.7 Å². The molecule has 1 saturated carbocycles. The molecule has 5 heteroatoms. The molecule has 1 aromatic carbocycles. The third-order valence-electron chi connectivity index (χ3n) is 5.83. The molecule has 2 fully saturated rings. The second-order valence-electron chi connectivity index (χ2n) is 7.61. The van der Waals surface area contributed by atoms with Gasteiger partial charge in [0.05, 0.1) is 0 Å². The van der Waals surface area contributed by atoms with Gasteiger partial charge in [0, 0.05) is 30.9 Å². The van der Waals surface area contributed by atoms with Crippen molar-refractivity contribution in [3.8, 4) is 0 Å². The number of benzene rings is 1. The van der Waals surface area contributed by atoms with Crippen molar-refractivity contribution in [1.29, 1.82) is 0 Å². The molecule has 0 unspecified atom stereocenters. The third kappa shape index (κ3) is 3.62. The van der Waals surface area contributed by atoms with Crippen LogP contribution < -0.4 is 5.32 Å². The van der Waals surface area contributed by atoms with Crippen molar-refractivity contribution >= 4 is 22.8 Å². The van der Waals surface area contributed by atoms with Gasteiger partial charge in [0.25, 0.3) is 5.91 Å². The first-order valence-corrected chi connectivity index (χ1v) is 9.76. The number of hydrogen-bond acceptors (Lipinski definition) is 3. The van der Waals surface area contributed by atoms with Gasteiger partial charge in [-0.1, -0.05) is 31.0 Å². The smallest absolute Gasteiger partial charge is 0.289 e. The van der Waals surface area contributed by atoms with E-state index >= 15 is 0 Å². The van der Waals surface area contributed by atoms with Gasteiger partial charge in [-0.15, -0.1) is 0 Å². The Hall–Kier alpha value is -2.30. The van der Waals surface area contributed by atoms with Crippen LogP contribution in [0, 0.1) is 11.8 Å². The number of fused-ring (bicyclic) bond motifs is 1. The quantitative estimate of drug-likeness (QED) is 0.913. The number of nitrogens with one attached hydrogen (secondary N) is 1. The second-order valence-corrected chi connectivity index (χ2v) is 7.61. The highest BCUT2D eigenvalue weighted by Crippen LogP contribution is 2.26. The lowest BCUT2D eigenvalue weighted by Crippen LogP contribution is -2.42. The normalized spacial score (nSPS) is 19.2. The number of likely N-dealkylation sites (tertiary alicyclic amines) is 1. The van der Waals surface area contributed by atoms with Crippen LogP contribution in [0.15, 0.2) is 34.7 Å². The predicted octanol–water partition coefficient (Wildman–Crippen LogP) is 3.59. The zero-order valence-corrected chi connectivity index (χ0v) is 15.1.